The van der Waals surface area contributed by atoms with E-state index in [2.05, 4.69) is 17.3 Å². The molecule has 1 N–H and O–H groups in total. The van der Waals surface area contributed by atoms with Gasteiger partial charge in [0.15, 0.2) is 0 Å². The number of nitrogens with zero attached hydrogens (tertiary/aromatic N) is 3. The van der Waals surface area contributed by atoms with Crippen LogP contribution in [-0.2, 0) is 15.6 Å². The van der Waals surface area contributed by atoms with Crippen LogP contribution in [0.4, 0.5) is 11.4 Å². The Morgan fingerprint density at radius 3 is 2.19 bits per heavy atom. The second-order valence-corrected chi connectivity index (χ2v) is 13.9. The van der Waals surface area contributed by atoms with Crippen LogP contribution in [0, 0.1) is 6.92 Å². The first-order chi connectivity index (χ1) is 23.2. The van der Waals surface area contributed by atoms with Gasteiger partial charge in [-0.15, -0.1) is 0 Å². The fraction of sp³-hybridized carbons (Fsp3) is 0.308. The van der Waals surface area contributed by atoms with Crippen LogP contribution in [0.5, 0.6) is 0 Å². The summed E-state index contributed by atoms with van der Waals surface area (Å²) in [7, 11) is 2.45. The van der Waals surface area contributed by atoms with Gasteiger partial charge in [0.05, 0.1) is 21.4 Å². The average molecular weight is 665 g/mol. The van der Waals surface area contributed by atoms with Gasteiger partial charge in [-0.1, -0.05) is 66.6 Å². The van der Waals surface area contributed by atoms with E-state index >= 15 is 0 Å². The second-order valence-electron chi connectivity index (χ2n) is 12.3. The third-order valence-electron chi connectivity index (χ3n) is 8.78. The first kappa shape index (κ1) is 34.7. The van der Waals surface area contributed by atoms with Gasteiger partial charge in [-0.2, -0.15) is 0 Å². The summed E-state index contributed by atoms with van der Waals surface area (Å²) in [6.07, 6.45) is 2.85. The van der Waals surface area contributed by atoms with Crippen LogP contribution in [0.25, 0.3) is 11.1 Å². The fourth-order valence-electron chi connectivity index (χ4n) is 5.80. The maximum Gasteiger partial charge on any atom is 0.258 e. The van der Waals surface area contributed by atoms with Gasteiger partial charge < -0.3 is 20.0 Å². The Morgan fingerprint density at radius 2 is 1.46 bits per heavy atom. The molecule has 0 aromatic heterocycles. The monoisotopic (exact) mass is 664 g/mol. The number of carbonyl (C=O) groups is 3. The molecule has 250 valence electrons. The van der Waals surface area contributed by atoms with Gasteiger partial charge in [0.2, 0.25) is 5.91 Å². The van der Waals surface area contributed by atoms with Gasteiger partial charge in [0, 0.05) is 62.2 Å². The minimum Gasteiger partial charge on any atom is -0.340 e. The maximum absolute atomic E-state index is 13.5. The molecule has 1 unspecified atom stereocenters. The van der Waals surface area contributed by atoms with E-state index in [1.165, 1.54) is 4.90 Å². The Balaban J connectivity index is 1.15. The second kappa shape index (κ2) is 16.5. The predicted octanol–water partition coefficient (Wildman–Crippen LogP) is 6.63. The molecule has 1 fully saturated rings. The van der Waals surface area contributed by atoms with Crippen molar-refractivity contribution in [3.63, 3.8) is 0 Å². The Bertz CT molecular complexity index is 1750. The molecule has 0 bridgehead atoms. The van der Waals surface area contributed by atoms with Crippen molar-refractivity contribution in [2.45, 2.75) is 37.5 Å². The van der Waals surface area contributed by atoms with Crippen LogP contribution >= 0.6 is 0 Å². The molecule has 0 aliphatic carbocycles. The van der Waals surface area contributed by atoms with Crippen molar-refractivity contribution < 1.29 is 18.6 Å². The lowest BCUT2D eigenvalue weighted by molar-refractivity contribution is -0.132. The Kier molecular flexibility index (Phi) is 11.9. The molecule has 1 atom stereocenters. The Labute approximate surface area is 286 Å². The molecule has 5 rings (SSSR count). The SMILES string of the molecule is Cc1ccc(-c2ccccc2C(=O)Nc2ccc(C(=O)N(C)c3ccccc3S(=O)CCCCCC(=O)N3CCN(C)CC3)cc2)cc1. The number of amides is 3. The molecule has 3 amide bonds. The highest BCUT2D eigenvalue weighted by Crippen LogP contribution is 2.27. The topological polar surface area (TPSA) is 90.0 Å². The molecule has 1 aliphatic rings. The van der Waals surface area contributed by atoms with Gasteiger partial charge >= 0.3 is 0 Å². The van der Waals surface area contributed by atoms with E-state index in [4.69, 9.17) is 0 Å². The van der Waals surface area contributed by atoms with Gasteiger partial charge in [-0.05, 0) is 80.4 Å². The summed E-state index contributed by atoms with van der Waals surface area (Å²) in [6, 6.07) is 29.6. The van der Waals surface area contributed by atoms with Gasteiger partial charge in [0.1, 0.15) is 0 Å². The molecule has 9 heteroatoms. The summed E-state index contributed by atoms with van der Waals surface area (Å²) in [5, 5.41) is 2.96. The van der Waals surface area contributed by atoms with Crippen LogP contribution in [-0.4, -0.2) is 77.8 Å². The van der Waals surface area contributed by atoms with E-state index in [0.29, 0.717) is 39.6 Å². The first-order valence-electron chi connectivity index (χ1n) is 16.5. The molecule has 1 saturated heterocycles. The van der Waals surface area contributed by atoms with Gasteiger partial charge in [-0.3, -0.25) is 18.6 Å². The van der Waals surface area contributed by atoms with Gasteiger partial charge in [-0.25, -0.2) is 0 Å². The number of unbranched alkanes of at least 4 members (excludes halogenated alkanes) is 2. The van der Waals surface area contributed by atoms with Crippen molar-refractivity contribution in [1.29, 1.82) is 0 Å². The minimum absolute atomic E-state index is 0.202. The van der Waals surface area contributed by atoms with E-state index in [1.54, 1.807) is 49.5 Å². The third kappa shape index (κ3) is 8.85. The lowest BCUT2D eigenvalue weighted by atomic mass is 9.98. The van der Waals surface area contributed by atoms with Crippen molar-refractivity contribution in [3.8, 4) is 11.1 Å². The molecule has 4 aromatic rings. The number of anilines is 2. The molecule has 0 saturated carbocycles. The van der Waals surface area contributed by atoms with Crippen molar-refractivity contribution in [2.75, 3.05) is 56.2 Å². The molecule has 0 radical (unpaired) electrons. The number of hydrogen-bond donors (Lipinski definition) is 1. The minimum atomic E-state index is -1.30. The summed E-state index contributed by atoms with van der Waals surface area (Å²) in [5.41, 5.74) is 5.13. The number of hydrogen-bond acceptors (Lipinski definition) is 5. The van der Waals surface area contributed by atoms with Crippen molar-refractivity contribution >= 4 is 39.9 Å². The number of rotatable bonds is 12. The molecule has 1 aliphatic heterocycles. The molecule has 0 spiro atoms. The number of aryl methyl sites for hydroxylation is 1. The molecule has 4 aromatic carbocycles. The Morgan fingerprint density at radius 1 is 0.792 bits per heavy atom. The lowest BCUT2D eigenvalue weighted by Gasteiger charge is -2.32. The van der Waals surface area contributed by atoms with Crippen molar-refractivity contribution in [2.24, 2.45) is 0 Å². The molecular formula is C39H44N4O4S. The van der Waals surface area contributed by atoms with Crippen molar-refractivity contribution in [3.05, 3.63) is 114 Å². The predicted molar refractivity (Wildman–Crippen MR) is 194 cm³/mol. The third-order valence-corrected chi connectivity index (χ3v) is 10.3. The quantitative estimate of drug-likeness (QED) is 0.172. The zero-order chi connectivity index (χ0) is 34.0. The highest BCUT2D eigenvalue weighted by molar-refractivity contribution is 7.85. The van der Waals surface area contributed by atoms with Crippen LogP contribution in [0.2, 0.25) is 0 Å². The number of likely N-dealkylation sites (N-methyl/N-ethyl adjacent to an activating group) is 1. The number of benzene rings is 4. The number of para-hydroxylation sites is 1. The first-order valence-corrected chi connectivity index (χ1v) is 17.8. The highest BCUT2D eigenvalue weighted by Gasteiger charge is 2.21. The van der Waals surface area contributed by atoms with E-state index in [-0.39, 0.29) is 17.7 Å². The highest BCUT2D eigenvalue weighted by atomic mass is 32.2. The summed E-state index contributed by atoms with van der Waals surface area (Å²) < 4.78 is 13.4. The number of nitrogens with one attached hydrogen (secondary N) is 1. The molecule has 1 heterocycles. The van der Waals surface area contributed by atoms with Crippen LogP contribution in [0.3, 0.4) is 0 Å². The smallest absolute Gasteiger partial charge is 0.258 e. The zero-order valence-electron chi connectivity index (χ0n) is 28.0. The standard InChI is InChI=1S/C39H44N4O4S/c1-29-16-18-30(19-17-29)33-11-6-7-12-34(33)38(45)40-32-22-20-31(21-23-32)39(46)42(3)35-13-8-9-14-36(35)48(47)28-10-4-5-15-37(44)43-26-24-41(2)25-27-43/h6-9,11-14,16-23H,4-5,10,15,24-28H2,1-3H3,(H,40,45). The van der Waals surface area contributed by atoms with E-state index in [9.17, 15) is 18.6 Å². The molecule has 8 nitrogen and oxygen atoms in total. The summed E-state index contributed by atoms with van der Waals surface area (Å²) >= 11 is 0. The number of carbonyl (C=O) groups excluding carboxylic acids is 3. The fourth-order valence-corrected chi connectivity index (χ4v) is 7.16. The molecular weight excluding hydrogens is 621 g/mol. The van der Waals surface area contributed by atoms with Crippen LogP contribution in [0.1, 0.15) is 52.0 Å². The van der Waals surface area contributed by atoms with E-state index in [1.807, 2.05) is 66.4 Å². The number of piperazine rings is 1. The van der Waals surface area contributed by atoms with Crippen molar-refractivity contribution in [1.82, 2.24) is 9.80 Å². The largest absolute Gasteiger partial charge is 0.340 e. The van der Waals surface area contributed by atoms with Gasteiger partial charge in [0.25, 0.3) is 11.8 Å². The summed E-state index contributed by atoms with van der Waals surface area (Å²) in [6.45, 7) is 5.42. The maximum atomic E-state index is 13.5. The van der Waals surface area contributed by atoms with E-state index in [0.717, 1.165) is 62.1 Å². The molecule has 48 heavy (non-hydrogen) atoms. The van der Waals surface area contributed by atoms with Crippen LogP contribution in [0.15, 0.2) is 102 Å². The zero-order valence-corrected chi connectivity index (χ0v) is 28.8. The normalized spacial score (nSPS) is 13.9. The summed E-state index contributed by atoms with van der Waals surface area (Å²) in [4.78, 5) is 45.6. The average Bonchev–Trinajstić information content (AvgIpc) is 3.11. The van der Waals surface area contributed by atoms with Crippen LogP contribution < -0.4 is 10.2 Å². The summed E-state index contributed by atoms with van der Waals surface area (Å²) in [5.74, 6) is 0.182. The lowest BCUT2D eigenvalue weighted by Crippen LogP contribution is -2.47. The van der Waals surface area contributed by atoms with E-state index < -0.39 is 10.8 Å². The Hall–Kier alpha value is -4.60.